The zero-order chi connectivity index (χ0) is 12.7. The molecule has 0 radical (unpaired) electrons. The Morgan fingerprint density at radius 3 is 2.94 bits per heavy atom. The molecule has 1 aromatic carbocycles. The number of hydrogen-bond donors (Lipinski definition) is 2. The largest absolute Gasteiger partial charge is 0.394 e. The maximum Gasteiger partial charge on any atom is 0.137 e. The lowest BCUT2D eigenvalue weighted by atomic mass is 10.2. The summed E-state index contributed by atoms with van der Waals surface area (Å²) in [5, 5.41) is 20.1. The van der Waals surface area contributed by atoms with E-state index < -0.39 is 12.2 Å². The first-order valence-electron chi connectivity index (χ1n) is 6.20. The number of ether oxygens (including phenoxy) is 1. The average Bonchev–Trinajstić information content (AvgIpc) is 2.91. The van der Waals surface area contributed by atoms with E-state index in [2.05, 4.69) is 25.1 Å². The lowest BCUT2D eigenvalue weighted by Gasteiger charge is -2.15. The van der Waals surface area contributed by atoms with Crippen LogP contribution in [0.3, 0.4) is 0 Å². The molecule has 1 fully saturated rings. The molecule has 0 bridgehead atoms. The number of nitrogens with zero attached hydrogens (tertiary/aromatic N) is 1. The van der Waals surface area contributed by atoms with Crippen molar-refractivity contribution in [2.45, 2.75) is 31.8 Å². The summed E-state index contributed by atoms with van der Waals surface area (Å²) in [6, 6.07) is 8.30. The number of fused-ring (bicyclic) bond motifs is 1. The molecule has 2 N–H and O–H groups in total. The molecule has 4 heteroatoms. The maximum atomic E-state index is 9.78. The predicted octanol–water partition coefficient (Wildman–Crippen LogP) is 1.59. The van der Waals surface area contributed by atoms with Crippen LogP contribution in [0.2, 0.25) is 0 Å². The van der Waals surface area contributed by atoms with Crippen LogP contribution < -0.4 is 0 Å². The first-order valence-corrected chi connectivity index (χ1v) is 6.20. The number of aryl methyl sites for hydroxylation is 1. The number of aromatic nitrogens is 1. The smallest absolute Gasteiger partial charge is 0.137 e. The van der Waals surface area contributed by atoms with Crippen molar-refractivity contribution in [3.63, 3.8) is 0 Å². The van der Waals surface area contributed by atoms with Crippen LogP contribution >= 0.6 is 0 Å². The number of aliphatic hydroxyl groups is 2. The van der Waals surface area contributed by atoms with Crippen LogP contribution in [0, 0.1) is 6.92 Å². The van der Waals surface area contributed by atoms with Crippen LogP contribution in [-0.4, -0.2) is 33.6 Å². The lowest BCUT2D eigenvalue weighted by molar-refractivity contribution is -0.0428. The van der Waals surface area contributed by atoms with Gasteiger partial charge in [-0.2, -0.15) is 0 Å². The Labute approximate surface area is 105 Å². The van der Waals surface area contributed by atoms with E-state index in [9.17, 15) is 5.11 Å². The van der Waals surface area contributed by atoms with Crippen LogP contribution in [-0.2, 0) is 4.74 Å². The molecule has 0 amide bonds. The Hall–Kier alpha value is -1.36. The molecule has 4 nitrogen and oxygen atoms in total. The van der Waals surface area contributed by atoms with Crippen LogP contribution in [0.15, 0.2) is 30.5 Å². The Bertz CT molecular complexity index is 563. The fourth-order valence-corrected chi connectivity index (χ4v) is 2.58. The molecule has 3 atom stereocenters. The van der Waals surface area contributed by atoms with Crippen molar-refractivity contribution in [1.82, 2.24) is 4.57 Å². The van der Waals surface area contributed by atoms with Gasteiger partial charge in [0.1, 0.15) is 12.3 Å². The molecule has 1 aliphatic heterocycles. The summed E-state index contributed by atoms with van der Waals surface area (Å²) in [6.07, 6.45) is 1.22. The fourth-order valence-electron chi connectivity index (χ4n) is 2.58. The van der Waals surface area contributed by atoms with Crippen LogP contribution in [0.25, 0.3) is 10.9 Å². The maximum absolute atomic E-state index is 9.78. The zero-order valence-corrected chi connectivity index (χ0v) is 10.3. The second-order valence-electron chi connectivity index (χ2n) is 4.90. The van der Waals surface area contributed by atoms with Gasteiger partial charge in [0.2, 0.25) is 0 Å². The quantitative estimate of drug-likeness (QED) is 0.847. The minimum Gasteiger partial charge on any atom is -0.394 e. The SMILES string of the molecule is Cc1ccc2c(ccn2[C@H]2C[C@H](O)[C@@H](CO)O2)c1. The molecule has 1 aliphatic rings. The molecule has 3 rings (SSSR count). The third-order valence-electron chi connectivity index (χ3n) is 3.57. The van der Waals surface area contributed by atoms with Gasteiger partial charge in [-0.15, -0.1) is 0 Å². The second kappa shape index (κ2) is 4.39. The molecular weight excluding hydrogens is 230 g/mol. The summed E-state index contributed by atoms with van der Waals surface area (Å²) >= 11 is 0. The van der Waals surface area contributed by atoms with E-state index in [1.807, 2.05) is 16.8 Å². The highest BCUT2D eigenvalue weighted by Crippen LogP contribution is 2.32. The molecule has 0 saturated carbocycles. The first kappa shape index (κ1) is 11.7. The van der Waals surface area contributed by atoms with Gasteiger partial charge in [-0.3, -0.25) is 0 Å². The summed E-state index contributed by atoms with van der Waals surface area (Å²) in [4.78, 5) is 0. The Balaban J connectivity index is 1.96. The Kier molecular flexibility index (Phi) is 2.86. The number of aliphatic hydroxyl groups excluding tert-OH is 2. The van der Waals surface area contributed by atoms with Gasteiger partial charge >= 0.3 is 0 Å². The van der Waals surface area contributed by atoms with Gasteiger partial charge in [0.25, 0.3) is 0 Å². The lowest BCUT2D eigenvalue weighted by Crippen LogP contribution is -2.24. The van der Waals surface area contributed by atoms with Crippen molar-refractivity contribution >= 4 is 10.9 Å². The first-order chi connectivity index (χ1) is 8.69. The Morgan fingerprint density at radius 2 is 2.22 bits per heavy atom. The molecule has 2 aromatic rings. The molecule has 18 heavy (non-hydrogen) atoms. The van der Waals surface area contributed by atoms with E-state index in [4.69, 9.17) is 9.84 Å². The van der Waals surface area contributed by atoms with Crippen LogP contribution in [0.4, 0.5) is 0 Å². The van der Waals surface area contributed by atoms with Crippen LogP contribution in [0.5, 0.6) is 0 Å². The number of benzene rings is 1. The molecular formula is C14H17NO3. The molecule has 96 valence electrons. The number of hydrogen-bond acceptors (Lipinski definition) is 3. The van der Waals surface area contributed by atoms with Gasteiger partial charge < -0.3 is 19.5 Å². The zero-order valence-electron chi connectivity index (χ0n) is 10.3. The van der Waals surface area contributed by atoms with Crippen molar-refractivity contribution in [3.8, 4) is 0 Å². The van der Waals surface area contributed by atoms with Gasteiger partial charge in [0, 0.05) is 12.6 Å². The molecule has 1 aromatic heterocycles. The van der Waals surface area contributed by atoms with Gasteiger partial charge in [0.05, 0.1) is 18.2 Å². The topological polar surface area (TPSA) is 54.6 Å². The highest BCUT2D eigenvalue weighted by molar-refractivity contribution is 5.80. The van der Waals surface area contributed by atoms with Crippen molar-refractivity contribution < 1.29 is 14.9 Å². The van der Waals surface area contributed by atoms with Crippen molar-refractivity contribution in [2.75, 3.05) is 6.61 Å². The number of rotatable bonds is 2. The van der Waals surface area contributed by atoms with Gasteiger partial charge in [-0.25, -0.2) is 0 Å². The molecule has 0 spiro atoms. The minimum absolute atomic E-state index is 0.143. The van der Waals surface area contributed by atoms with Crippen molar-refractivity contribution in [1.29, 1.82) is 0 Å². The van der Waals surface area contributed by atoms with E-state index in [-0.39, 0.29) is 12.8 Å². The third kappa shape index (κ3) is 1.82. The highest BCUT2D eigenvalue weighted by Gasteiger charge is 2.34. The van der Waals surface area contributed by atoms with Crippen molar-refractivity contribution in [3.05, 3.63) is 36.0 Å². The van der Waals surface area contributed by atoms with E-state index in [0.29, 0.717) is 6.42 Å². The summed E-state index contributed by atoms with van der Waals surface area (Å²) in [6.45, 7) is 1.92. The second-order valence-corrected chi connectivity index (χ2v) is 4.90. The normalized spacial score (nSPS) is 28.1. The molecule has 0 aliphatic carbocycles. The monoisotopic (exact) mass is 247 g/mol. The van der Waals surface area contributed by atoms with E-state index >= 15 is 0 Å². The van der Waals surface area contributed by atoms with Gasteiger partial charge in [-0.1, -0.05) is 11.6 Å². The van der Waals surface area contributed by atoms with Gasteiger partial charge in [0.15, 0.2) is 0 Å². The highest BCUT2D eigenvalue weighted by atomic mass is 16.5. The average molecular weight is 247 g/mol. The van der Waals surface area contributed by atoms with Crippen molar-refractivity contribution in [2.24, 2.45) is 0 Å². The van der Waals surface area contributed by atoms with Crippen LogP contribution in [0.1, 0.15) is 18.2 Å². The molecule has 2 heterocycles. The Morgan fingerprint density at radius 1 is 1.39 bits per heavy atom. The third-order valence-corrected chi connectivity index (χ3v) is 3.57. The predicted molar refractivity (Wildman–Crippen MR) is 68.3 cm³/mol. The van der Waals surface area contributed by atoms with E-state index in [0.717, 1.165) is 5.52 Å². The summed E-state index contributed by atoms with van der Waals surface area (Å²) in [5.74, 6) is 0. The molecule has 1 saturated heterocycles. The van der Waals surface area contributed by atoms with E-state index in [1.165, 1.54) is 10.9 Å². The van der Waals surface area contributed by atoms with E-state index in [1.54, 1.807) is 0 Å². The summed E-state index contributed by atoms with van der Waals surface area (Å²) in [7, 11) is 0. The molecule has 0 unspecified atom stereocenters. The summed E-state index contributed by atoms with van der Waals surface area (Å²) < 4.78 is 7.69. The summed E-state index contributed by atoms with van der Waals surface area (Å²) in [5.41, 5.74) is 2.32. The van der Waals surface area contributed by atoms with Gasteiger partial charge in [-0.05, 0) is 30.5 Å². The minimum atomic E-state index is -0.595. The fraction of sp³-hybridized carbons (Fsp3) is 0.429. The standard InChI is InChI=1S/C14H17NO3/c1-9-2-3-11-10(6-9)4-5-15(11)14-7-12(17)13(8-16)18-14/h2-6,12-14,16-17H,7-8H2,1H3/t12-,13+,14+/m0/s1.